The van der Waals surface area contributed by atoms with Gasteiger partial charge in [0.15, 0.2) is 0 Å². The van der Waals surface area contributed by atoms with E-state index in [9.17, 15) is 0 Å². The van der Waals surface area contributed by atoms with Crippen molar-refractivity contribution < 1.29 is 9.53 Å². The zero-order chi connectivity index (χ0) is 44.2. The molecule has 3 heteroatoms. The van der Waals surface area contributed by atoms with Crippen LogP contribution in [0.1, 0.15) is 48.9 Å². The summed E-state index contributed by atoms with van der Waals surface area (Å²) in [5, 5.41) is 89.5. The van der Waals surface area contributed by atoms with Gasteiger partial charge in [0.25, 0.3) is 0 Å². The summed E-state index contributed by atoms with van der Waals surface area (Å²) in [6, 6.07) is 0. The largest absolute Gasteiger partial charge is 0.465 e. The third kappa shape index (κ3) is 1.53. The average molecular weight is 902 g/mol. The average Bonchev–Trinajstić information content (AvgIpc) is 3.14. The van der Waals surface area contributed by atoms with Crippen LogP contribution in [0.2, 0.25) is 0 Å². The summed E-state index contributed by atoms with van der Waals surface area (Å²) in [6.45, 7) is 5.22. The Labute approximate surface area is 399 Å². The summed E-state index contributed by atoms with van der Waals surface area (Å²) >= 11 is 0. The Hall–Kier alpha value is -8.55. The Morgan fingerprint density at radius 1 is 0.342 bits per heavy atom. The quantitative estimate of drug-likeness (QED) is 0.109. The van der Waals surface area contributed by atoms with E-state index in [1.807, 2.05) is 6.92 Å². The SMILES string of the molecule is CCC#CCC1(C(=O)OCC)NCC23c4c5c6c7c8c9c(c%10c%11c2c2c4c4c%12c5c5c6c6c8c8c%13c9c9c%10c%10c%11c%11c2c2c4c4c%12c%12c5c5c6c8c6c8c%13c9c9c%10c%10c%11c2c2c4c4c%12c5c6c5c8c9c%10c2c45)C713. The maximum atomic E-state index is 16.5. The molecule has 1 fully saturated rings. The van der Waals surface area contributed by atoms with Crippen LogP contribution in [0.3, 0.4) is 0 Å². The second kappa shape index (κ2) is 6.54. The van der Waals surface area contributed by atoms with Crippen molar-refractivity contribution in [2.24, 2.45) is 0 Å². The summed E-state index contributed by atoms with van der Waals surface area (Å²) < 4.78 is 6.73. The second-order valence-corrected chi connectivity index (χ2v) is 26.3. The van der Waals surface area contributed by atoms with Crippen molar-refractivity contribution in [2.45, 2.75) is 43.1 Å². The lowest BCUT2D eigenvalue weighted by molar-refractivity contribution is -0.152. The minimum atomic E-state index is -1.14. The molecule has 0 saturated carbocycles. The van der Waals surface area contributed by atoms with Crippen molar-refractivity contribution in [1.82, 2.24) is 5.32 Å². The Kier molecular flexibility index (Phi) is 2.55. The van der Waals surface area contributed by atoms with Gasteiger partial charge in [-0.25, -0.2) is 4.79 Å². The highest BCUT2D eigenvalue weighted by Gasteiger charge is 2.81. The molecule has 1 heterocycles. The fourth-order valence-corrected chi connectivity index (χ4v) is 26.0. The Morgan fingerprint density at radius 3 is 0.781 bits per heavy atom. The first kappa shape index (κ1) is 28.5. The molecule has 28 aromatic carbocycles. The standard InChI is InChI=1S/C70H15NO2/c1-3-5-6-7-69(67(72)73-4-2)70-65-59-53-43-31-23-15-11-9-10-13-17(15)25(31)35-29-21(13)22-14(10)18-16-12(9)20-19(11)27-33(23)41-47-37(27)38-28(20)34-24(16)32-26(18)36-30(22)40-39(29)51(45(35)53)61(65)62-52(40)46(36)54-44(32)50-42(34)48(38)56-55(47)63(57(59)49(41)43)68(70,8-71-69)64(56)58(50)60(54)66(62)70/h71H,3-4,7-8H2,1-2H3. The molecule has 2 spiro atoms. The molecule has 0 bridgehead atoms. The molecule has 3 nitrogen and oxygen atoms in total. The lowest BCUT2D eigenvalue weighted by atomic mass is 9.44. The summed E-state index contributed by atoms with van der Waals surface area (Å²) in [6.07, 6.45) is 1.17. The number of hydrogen-bond acceptors (Lipinski definition) is 3. The van der Waals surface area contributed by atoms with Gasteiger partial charge >= 0.3 is 5.97 Å². The van der Waals surface area contributed by atoms with E-state index in [2.05, 4.69) is 24.1 Å². The minimum absolute atomic E-state index is 0.102. The molecule has 5 aliphatic rings. The number of rotatable bonds is 3. The van der Waals surface area contributed by atoms with E-state index in [0.29, 0.717) is 19.6 Å². The smallest absolute Gasteiger partial charge is 0.328 e. The number of carbonyl (C=O) groups is 1. The maximum Gasteiger partial charge on any atom is 0.328 e. The van der Waals surface area contributed by atoms with Gasteiger partial charge in [-0.05, 0) is 320 Å². The van der Waals surface area contributed by atoms with Gasteiger partial charge in [0.2, 0.25) is 0 Å². The van der Waals surface area contributed by atoms with E-state index >= 15 is 4.79 Å². The van der Waals surface area contributed by atoms with E-state index in [-0.39, 0.29) is 5.97 Å². The van der Waals surface area contributed by atoms with Crippen molar-refractivity contribution >= 4 is 297 Å². The van der Waals surface area contributed by atoms with Crippen molar-refractivity contribution in [3.8, 4) is 11.8 Å². The van der Waals surface area contributed by atoms with Crippen molar-refractivity contribution in [1.29, 1.82) is 0 Å². The van der Waals surface area contributed by atoms with Gasteiger partial charge in [0, 0.05) is 19.4 Å². The molecule has 33 rings (SSSR count). The van der Waals surface area contributed by atoms with Crippen LogP contribution in [0.25, 0.3) is 291 Å². The zero-order valence-electron chi connectivity index (χ0n) is 38.1. The molecule has 0 aromatic heterocycles. The molecule has 0 radical (unpaired) electrons. The Morgan fingerprint density at radius 2 is 0.562 bits per heavy atom. The van der Waals surface area contributed by atoms with Crippen molar-refractivity contribution in [3.63, 3.8) is 0 Å². The summed E-state index contributed by atoms with van der Waals surface area (Å²) in [5.41, 5.74) is 3.60. The highest BCUT2D eigenvalue weighted by molar-refractivity contribution is 6.82. The monoisotopic (exact) mass is 901 g/mol. The van der Waals surface area contributed by atoms with E-state index < -0.39 is 16.4 Å². The summed E-state index contributed by atoms with van der Waals surface area (Å²) in [7, 11) is 0. The molecule has 1 saturated heterocycles. The molecule has 312 valence electrons. The molecule has 1 N–H and O–H groups in total. The van der Waals surface area contributed by atoms with E-state index in [1.54, 1.807) is 259 Å². The van der Waals surface area contributed by atoms with Gasteiger partial charge in [-0.15, -0.1) is 11.8 Å². The van der Waals surface area contributed by atoms with Gasteiger partial charge < -0.3 is 4.74 Å². The van der Waals surface area contributed by atoms with Crippen LogP contribution in [-0.2, 0) is 20.4 Å². The zero-order valence-corrected chi connectivity index (χ0v) is 38.1. The van der Waals surface area contributed by atoms with E-state index in [1.165, 1.54) is 54.2 Å². The maximum absolute atomic E-state index is 16.5. The third-order valence-corrected chi connectivity index (χ3v) is 26.1. The first-order valence-electron chi connectivity index (χ1n) is 27.4. The van der Waals surface area contributed by atoms with Crippen LogP contribution < -0.4 is 5.32 Å². The molecule has 4 aliphatic carbocycles. The number of carbonyl (C=O) groups excluding carboxylic acids is 1. The predicted octanol–water partition coefficient (Wildman–Crippen LogP) is 17.0. The van der Waals surface area contributed by atoms with E-state index in [0.717, 1.165) is 6.42 Å². The molecule has 0 amide bonds. The molecule has 28 aromatic rings. The fraction of sp³-hybridized carbons (Fsp3) is 0.129. The van der Waals surface area contributed by atoms with Gasteiger partial charge in [-0.1, -0.05) is 6.92 Å². The van der Waals surface area contributed by atoms with Gasteiger partial charge in [0.05, 0.1) is 17.4 Å². The molecular formula is C70H15NO2. The molecule has 1 atom stereocenters. The second-order valence-electron chi connectivity index (χ2n) is 26.3. The number of hydrogen-bond donors (Lipinski definition) is 1. The third-order valence-electron chi connectivity index (χ3n) is 26.1. The lowest BCUT2D eigenvalue weighted by Gasteiger charge is -2.54. The number of ether oxygens (including phenoxy) is 1. The normalized spacial score (nSPS) is 23.9. The summed E-state index contributed by atoms with van der Waals surface area (Å²) in [4.78, 5) is 16.5. The van der Waals surface area contributed by atoms with Gasteiger partial charge in [-0.2, -0.15) is 0 Å². The summed E-state index contributed by atoms with van der Waals surface area (Å²) in [5.74, 6) is 7.29. The van der Waals surface area contributed by atoms with Crippen molar-refractivity contribution in [3.05, 3.63) is 22.3 Å². The highest BCUT2D eigenvalue weighted by Crippen LogP contribution is 2.86. The number of benzene rings is 18. The van der Waals surface area contributed by atoms with Crippen LogP contribution in [0.15, 0.2) is 0 Å². The Bertz CT molecular complexity index is 7220. The fourth-order valence-electron chi connectivity index (χ4n) is 26.0. The number of esters is 1. The first-order valence-corrected chi connectivity index (χ1v) is 27.4. The topological polar surface area (TPSA) is 38.3 Å². The van der Waals surface area contributed by atoms with Crippen LogP contribution in [0.5, 0.6) is 0 Å². The molecule has 73 heavy (non-hydrogen) atoms. The van der Waals surface area contributed by atoms with Crippen LogP contribution >= 0.6 is 0 Å². The minimum Gasteiger partial charge on any atom is -0.465 e. The van der Waals surface area contributed by atoms with Crippen LogP contribution in [0, 0.1) is 11.8 Å². The highest BCUT2D eigenvalue weighted by atomic mass is 16.5. The predicted molar refractivity (Wildman–Crippen MR) is 304 cm³/mol. The lowest BCUT2D eigenvalue weighted by Crippen LogP contribution is -2.65. The van der Waals surface area contributed by atoms with E-state index in [4.69, 9.17) is 4.74 Å². The molecule has 1 aliphatic heterocycles. The number of nitrogens with one attached hydrogen (secondary N) is 1. The van der Waals surface area contributed by atoms with Crippen LogP contribution in [-0.4, -0.2) is 24.7 Å². The van der Waals surface area contributed by atoms with Crippen molar-refractivity contribution in [2.75, 3.05) is 13.2 Å². The Balaban J connectivity index is 1.16. The molecule has 1 unspecified atom stereocenters. The molecular weight excluding hydrogens is 887 g/mol. The van der Waals surface area contributed by atoms with Gasteiger partial charge in [0.1, 0.15) is 5.54 Å². The first-order chi connectivity index (χ1) is 36.2. The van der Waals surface area contributed by atoms with Crippen LogP contribution in [0.4, 0.5) is 0 Å². The van der Waals surface area contributed by atoms with Gasteiger partial charge in [-0.3, -0.25) is 5.32 Å².